The van der Waals surface area contributed by atoms with E-state index in [1.807, 2.05) is 6.92 Å². The molecule has 0 spiro atoms. The minimum absolute atomic E-state index is 0.713. The van der Waals surface area contributed by atoms with E-state index in [1.165, 1.54) is 11.1 Å². The molecule has 3 heteroatoms. The minimum atomic E-state index is 0.713. The molecule has 0 saturated heterocycles. The van der Waals surface area contributed by atoms with Crippen LogP contribution in [-0.2, 0) is 17.7 Å². The van der Waals surface area contributed by atoms with Crippen LogP contribution >= 0.6 is 0 Å². The van der Waals surface area contributed by atoms with Crippen LogP contribution in [0.5, 0.6) is 0 Å². The van der Waals surface area contributed by atoms with Crippen molar-refractivity contribution in [3.63, 3.8) is 0 Å². The van der Waals surface area contributed by atoms with Crippen molar-refractivity contribution in [2.24, 2.45) is 5.92 Å². The maximum absolute atomic E-state index is 5.42. The molecule has 1 aromatic rings. The molecule has 1 rings (SSSR count). The van der Waals surface area contributed by atoms with Crippen LogP contribution in [0.15, 0.2) is 24.3 Å². The lowest BCUT2D eigenvalue weighted by Crippen LogP contribution is -2.25. The van der Waals surface area contributed by atoms with E-state index in [2.05, 4.69) is 55.4 Å². The standard InChI is InChI=1S/C18H32N2O/c1-5-21-13-12-20(4)15-18-9-7-6-8-17(18)10-11-19-14-16(2)3/h6-9,16,19H,5,10-15H2,1-4H3. The molecule has 0 amide bonds. The fourth-order valence-corrected chi connectivity index (χ4v) is 2.30. The third kappa shape index (κ3) is 8.20. The van der Waals surface area contributed by atoms with Crippen LogP contribution < -0.4 is 5.32 Å². The van der Waals surface area contributed by atoms with E-state index in [4.69, 9.17) is 4.74 Å². The highest BCUT2D eigenvalue weighted by Gasteiger charge is 2.05. The summed E-state index contributed by atoms with van der Waals surface area (Å²) in [6.07, 6.45) is 1.10. The van der Waals surface area contributed by atoms with Crippen LogP contribution in [-0.4, -0.2) is 44.8 Å². The molecule has 0 unspecified atom stereocenters. The summed E-state index contributed by atoms with van der Waals surface area (Å²) in [7, 11) is 2.16. The van der Waals surface area contributed by atoms with Crippen LogP contribution in [0.2, 0.25) is 0 Å². The maximum atomic E-state index is 5.42. The number of nitrogens with one attached hydrogen (secondary N) is 1. The maximum Gasteiger partial charge on any atom is 0.0593 e. The Balaban J connectivity index is 2.42. The first-order valence-electron chi connectivity index (χ1n) is 8.17. The first-order valence-corrected chi connectivity index (χ1v) is 8.17. The zero-order valence-electron chi connectivity index (χ0n) is 14.2. The summed E-state index contributed by atoms with van der Waals surface area (Å²) in [4.78, 5) is 2.33. The van der Waals surface area contributed by atoms with Gasteiger partial charge in [-0.15, -0.1) is 0 Å². The van der Waals surface area contributed by atoms with E-state index >= 15 is 0 Å². The van der Waals surface area contributed by atoms with Crippen molar-refractivity contribution in [3.05, 3.63) is 35.4 Å². The van der Waals surface area contributed by atoms with Gasteiger partial charge in [0.2, 0.25) is 0 Å². The smallest absolute Gasteiger partial charge is 0.0593 e. The lowest BCUT2D eigenvalue weighted by atomic mass is 10.0. The third-order valence-corrected chi connectivity index (χ3v) is 3.50. The van der Waals surface area contributed by atoms with Gasteiger partial charge in [-0.05, 0) is 50.5 Å². The molecule has 1 N–H and O–H groups in total. The van der Waals surface area contributed by atoms with Gasteiger partial charge in [0.25, 0.3) is 0 Å². The van der Waals surface area contributed by atoms with Crippen molar-refractivity contribution in [1.82, 2.24) is 10.2 Å². The van der Waals surface area contributed by atoms with E-state index in [9.17, 15) is 0 Å². The Morgan fingerprint density at radius 3 is 2.57 bits per heavy atom. The predicted molar refractivity (Wildman–Crippen MR) is 90.7 cm³/mol. The van der Waals surface area contributed by atoms with Crippen LogP contribution in [0, 0.1) is 5.92 Å². The second-order valence-corrected chi connectivity index (χ2v) is 6.05. The molecule has 0 aliphatic rings. The van der Waals surface area contributed by atoms with Gasteiger partial charge in [-0.2, -0.15) is 0 Å². The number of benzene rings is 1. The summed E-state index contributed by atoms with van der Waals surface area (Å²) in [6.45, 7) is 12.3. The molecule has 0 heterocycles. The van der Waals surface area contributed by atoms with Gasteiger partial charge in [0.05, 0.1) is 6.61 Å². The zero-order valence-corrected chi connectivity index (χ0v) is 14.2. The first-order chi connectivity index (χ1) is 10.1. The summed E-state index contributed by atoms with van der Waals surface area (Å²) >= 11 is 0. The van der Waals surface area contributed by atoms with Crippen LogP contribution in [0.3, 0.4) is 0 Å². The summed E-state index contributed by atoms with van der Waals surface area (Å²) in [6, 6.07) is 8.77. The number of ether oxygens (including phenoxy) is 1. The second kappa shape index (κ2) is 10.8. The summed E-state index contributed by atoms with van der Waals surface area (Å²) in [5.74, 6) is 0.713. The molecule has 0 atom stereocenters. The quantitative estimate of drug-likeness (QED) is 0.635. The average Bonchev–Trinajstić information content (AvgIpc) is 2.45. The van der Waals surface area contributed by atoms with Crippen LogP contribution in [0.4, 0.5) is 0 Å². The number of hydrogen-bond acceptors (Lipinski definition) is 3. The molecular formula is C18H32N2O. The molecular weight excluding hydrogens is 260 g/mol. The minimum Gasteiger partial charge on any atom is -0.380 e. The van der Waals surface area contributed by atoms with Gasteiger partial charge >= 0.3 is 0 Å². The summed E-state index contributed by atoms with van der Waals surface area (Å²) in [5.41, 5.74) is 2.89. The molecule has 1 aromatic carbocycles. The van der Waals surface area contributed by atoms with Crippen molar-refractivity contribution >= 4 is 0 Å². The predicted octanol–water partition coefficient (Wildman–Crippen LogP) is 2.94. The van der Waals surface area contributed by atoms with E-state index in [0.717, 1.165) is 45.8 Å². The Bertz CT molecular complexity index is 379. The lowest BCUT2D eigenvalue weighted by molar-refractivity contribution is 0.120. The molecule has 120 valence electrons. The largest absolute Gasteiger partial charge is 0.380 e. The van der Waals surface area contributed by atoms with Crippen LogP contribution in [0.1, 0.15) is 31.9 Å². The second-order valence-electron chi connectivity index (χ2n) is 6.05. The van der Waals surface area contributed by atoms with Crippen LogP contribution in [0.25, 0.3) is 0 Å². The van der Waals surface area contributed by atoms with Crippen molar-refractivity contribution < 1.29 is 4.74 Å². The first kappa shape index (κ1) is 18.1. The van der Waals surface area contributed by atoms with E-state index in [-0.39, 0.29) is 0 Å². The normalized spacial score (nSPS) is 11.5. The highest BCUT2D eigenvalue weighted by molar-refractivity contribution is 5.27. The monoisotopic (exact) mass is 292 g/mol. The van der Waals surface area contributed by atoms with Crippen molar-refractivity contribution in [2.45, 2.75) is 33.7 Å². The van der Waals surface area contributed by atoms with Gasteiger partial charge in [0.15, 0.2) is 0 Å². The van der Waals surface area contributed by atoms with Gasteiger partial charge in [0, 0.05) is 19.7 Å². The Labute approximate surface area is 130 Å². The zero-order chi connectivity index (χ0) is 15.5. The lowest BCUT2D eigenvalue weighted by Gasteiger charge is -2.19. The summed E-state index contributed by atoms with van der Waals surface area (Å²) < 4.78 is 5.42. The molecule has 0 aliphatic carbocycles. The Morgan fingerprint density at radius 2 is 1.90 bits per heavy atom. The molecule has 3 nitrogen and oxygen atoms in total. The van der Waals surface area contributed by atoms with E-state index in [1.54, 1.807) is 0 Å². The fourth-order valence-electron chi connectivity index (χ4n) is 2.30. The number of nitrogens with zero attached hydrogens (tertiary/aromatic N) is 1. The topological polar surface area (TPSA) is 24.5 Å². The van der Waals surface area contributed by atoms with Gasteiger partial charge in [-0.25, -0.2) is 0 Å². The molecule has 0 aliphatic heterocycles. The number of likely N-dealkylation sites (N-methyl/N-ethyl adjacent to an activating group) is 1. The van der Waals surface area contributed by atoms with Crippen molar-refractivity contribution in [2.75, 3.05) is 39.9 Å². The Kier molecular flexibility index (Phi) is 9.31. The van der Waals surface area contributed by atoms with E-state index in [0.29, 0.717) is 5.92 Å². The molecule has 0 bridgehead atoms. The fraction of sp³-hybridized carbons (Fsp3) is 0.667. The summed E-state index contributed by atoms with van der Waals surface area (Å²) in [5, 5.41) is 3.52. The number of rotatable bonds is 11. The van der Waals surface area contributed by atoms with Gasteiger partial charge in [0.1, 0.15) is 0 Å². The highest BCUT2D eigenvalue weighted by Crippen LogP contribution is 2.11. The van der Waals surface area contributed by atoms with E-state index < -0.39 is 0 Å². The Morgan fingerprint density at radius 1 is 1.19 bits per heavy atom. The van der Waals surface area contributed by atoms with Gasteiger partial charge in [-0.1, -0.05) is 38.1 Å². The molecule has 0 saturated carbocycles. The SMILES string of the molecule is CCOCCN(C)Cc1ccccc1CCNCC(C)C. The number of hydrogen-bond donors (Lipinski definition) is 1. The Hall–Kier alpha value is -0.900. The van der Waals surface area contributed by atoms with Gasteiger partial charge < -0.3 is 10.1 Å². The van der Waals surface area contributed by atoms with Gasteiger partial charge in [-0.3, -0.25) is 4.90 Å². The molecule has 0 fully saturated rings. The van der Waals surface area contributed by atoms with Crippen molar-refractivity contribution in [3.8, 4) is 0 Å². The highest BCUT2D eigenvalue weighted by atomic mass is 16.5. The molecule has 0 radical (unpaired) electrons. The third-order valence-electron chi connectivity index (χ3n) is 3.50. The average molecular weight is 292 g/mol. The van der Waals surface area contributed by atoms with Crippen molar-refractivity contribution in [1.29, 1.82) is 0 Å². The molecule has 0 aromatic heterocycles. The molecule has 21 heavy (non-hydrogen) atoms.